The number of ether oxygens (including phenoxy) is 2. The molecule has 1 unspecified atom stereocenters. The zero-order valence-electron chi connectivity index (χ0n) is 16.4. The molecule has 2 aromatic carbocycles. The molecule has 4 rings (SSSR count). The van der Waals surface area contributed by atoms with Crippen LogP contribution in [0.5, 0.6) is 11.5 Å². The maximum atomic E-state index is 6.34. The maximum absolute atomic E-state index is 6.34. The lowest BCUT2D eigenvalue weighted by Crippen LogP contribution is -2.12. The topological polar surface area (TPSA) is 31.4 Å². The van der Waals surface area contributed by atoms with E-state index in [1.54, 1.807) is 7.11 Å². The summed E-state index contributed by atoms with van der Waals surface area (Å²) in [5, 5.41) is 0. The third-order valence-electron chi connectivity index (χ3n) is 5.58. The van der Waals surface area contributed by atoms with E-state index >= 15 is 0 Å². The van der Waals surface area contributed by atoms with Crippen molar-refractivity contribution in [3.8, 4) is 11.5 Å². The van der Waals surface area contributed by atoms with Gasteiger partial charge in [-0.1, -0.05) is 36.4 Å². The standard InChI is InChI=1S/C25H27NO2/c1-27-24-12-11-21(18-25(24)28-22-9-5-6-10-22)23(20-13-15-26-16-14-20)17-19-7-3-2-4-8-19/h2-4,7-8,11-16,18,22-23H,5-6,9-10,17H2,1H3. The lowest BCUT2D eigenvalue weighted by atomic mass is 9.86. The molecule has 0 N–H and O–H groups in total. The highest BCUT2D eigenvalue weighted by molar-refractivity contribution is 5.46. The van der Waals surface area contributed by atoms with E-state index in [9.17, 15) is 0 Å². The molecule has 1 aliphatic carbocycles. The Morgan fingerprint density at radius 2 is 1.64 bits per heavy atom. The van der Waals surface area contributed by atoms with Crippen LogP contribution in [0.25, 0.3) is 0 Å². The molecule has 0 aliphatic heterocycles. The molecule has 0 spiro atoms. The highest BCUT2D eigenvalue weighted by Crippen LogP contribution is 2.37. The van der Waals surface area contributed by atoms with E-state index in [-0.39, 0.29) is 5.92 Å². The van der Waals surface area contributed by atoms with Crippen molar-refractivity contribution in [2.75, 3.05) is 7.11 Å². The van der Waals surface area contributed by atoms with E-state index in [2.05, 4.69) is 59.6 Å². The van der Waals surface area contributed by atoms with Gasteiger partial charge in [0.25, 0.3) is 0 Å². The highest BCUT2D eigenvalue weighted by Gasteiger charge is 2.21. The van der Waals surface area contributed by atoms with E-state index in [0.717, 1.165) is 30.8 Å². The summed E-state index contributed by atoms with van der Waals surface area (Å²) in [6, 6.07) is 21.2. The zero-order valence-corrected chi connectivity index (χ0v) is 16.4. The predicted molar refractivity (Wildman–Crippen MR) is 112 cm³/mol. The molecule has 28 heavy (non-hydrogen) atoms. The molecule has 1 saturated carbocycles. The Labute approximate surface area is 167 Å². The number of aromatic nitrogens is 1. The van der Waals surface area contributed by atoms with Crippen molar-refractivity contribution in [3.63, 3.8) is 0 Å². The summed E-state index contributed by atoms with van der Waals surface area (Å²) in [6.07, 6.45) is 9.73. The third kappa shape index (κ3) is 4.36. The molecule has 0 radical (unpaired) electrons. The molecule has 3 aromatic rings. The van der Waals surface area contributed by atoms with Gasteiger partial charge in [0.15, 0.2) is 11.5 Å². The van der Waals surface area contributed by atoms with Crippen molar-refractivity contribution in [2.24, 2.45) is 0 Å². The van der Waals surface area contributed by atoms with Crippen LogP contribution in [-0.4, -0.2) is 18.2 Å². The summed E-state index contributed by atoms with van der Waals surface area (Å²) in [5.41, 5.74) is 3.82. The fourth-order valence-electron chi connectivity index (χ4n) is 4.06. The number of rotatable bonds is 7. The van der Waals surface area contributed by atoms with Gasteiger partial charge in [-0.15, -0.1) is 0 Å². The average molecular weight is 373 g/mol. The van der Waals surface area contributed by atoms with Gasteiger partial charge >= 0.3 is 0 Å². The number of hydrogen-bond acceptors (Lipinski definition) is 3. The second-order valence-electron chi connectivity index (χ2n) is 7.46. The molecule has 144 valence electrons. The second kappa shape index (κ2) is 8.92. The van der Waals surface area contributed by atoms with Crippen molar-refractivity contribution in [1.29, 1.82) is 0 Å². The summed E-state index contributed by atoms with van der Waals surface area (Å²) < 4.78 is 11.9. The normalized spacial score (nSPS) is 15.3. The molecule has 0 amide bonds. The first-order valence-corrected chi connectivity index (χ1v) is 10.1. The SMILES string of the molecule is COc1ccc(C(Cc2ccccc2)c2ccncc2)cc1OC1CCCC1. The van der Waals surface area contributed by atoms with Gasteiger partial charge in [-0.3, -0.25) is 4.98 Å². The van der Waals surface area contributed by atoms with Gasteiger partial charge < -0.3 is 9.47 Å². The summed E-state index contributed by atoms with van der Waals surface area (Å²) >= 11 is 0. The first kappa shape index (κ1) is 18.5. The van der Waals surface area contributed by atoms with Gasteiger partial charge in [0.2, 0.25) is 0 Å². The number of benzene rings is 2. The first-order valence-electron chi connectivity index (χ1n) is 10.1. The maximum Gasteiger partial charge on any atom is 0.161 e. The average Bonchev–Trinajstić information content (AvgIpc) is 3.26. The first-order chi connectivity index (χ1) is 13.8. The second-order valence-corrected chi connectivity index (χ2v) is 7.46. The minimum atomic E-state index is 0.238. The molecular formula is C25H27NO2. The monoisotopic (exact) mass is 373 g/mol. The molecule has 1 atom stereocenters. The summed E-state index contributed by atoms with van der Waals surface area (Å²) in [6.45, 7) is 0. The Kier molecular flexibility index (Phi) is 5.91. The zero-order chi connectivity index (χ0) is 19.2. The molecule has 1 aromatic heterocycles. The Balaban J connectivity index is 1.68. The molecular weight excluding hydrogens is 346 g/mol. The van der Waals surface area contributed by atoms with Gasteiger partial charge in [0.1, 0.15) is 0 Å². The highest BCUT2D eigenvalue weighted by atomic mass is 16.5. The quantitative estimate of drug-likeness (QED) is 0.525. The van der Waals surface area contributed by atoms with Crippen LogP contribution in [0.3, 0.4) is 0 Å². The van der Waals surface area contributed by atoms with Gasteiger partial charge in [0, 0.05) is 18.3 Å². The smallest absolute Gasteiger partial charge is 0.161 e. The fraction of sp³-hybridized carbons (Fsp3) is 0.320. The van der Waals surface area contributed by atoms with Crippen LogP contribution >= 0.6 is 0 Å². The largest absolute Gasteiger partial charge is 0.493 e. The number of hydrogen-bond donors (Lipinski definition) is 0. The Morgan fingerprint density at radius 3 is 2.36 bits per heavy atom. The van der Waals surface area contributed by atoms with Crippen molar-refractivity contribution in [3.05, 3.63) is 89.7 Å². The molecule has 1 aliphatic rings. The molecule has 1 heterocycles. The molecule has 0 bridgehead atoms. The number of methoxy groups -OCH3 is 1. The van der Waals surface area contributed by atoms with Crippen LogP contribution in [0.2, 0.25) is 0 Å². The Bertz CT molecular complexity index is 874. The minimum Gasteiger partial charge on any atom is -0.493 e. The van der Waals surface area contributed by atoms with Gasteiger partial charge in [-0.05, 0) is 73.1 Å². The van der Waals surface area contributed by atoms with E-state index in [4.69, 9.17) is 9.47 Å². The van der Waals surface area contributed by atoms with Crippen LogP contribution in [0.4, 0.5) is 0 Å². The third-order valence-corrected chi connectivity index (χ3v) is 5.58. The van der Waals surface area contributed by atoms with Gasteiger partial charge in [0.05, 0.1) is 13.2 Å². The molecule has 1 fully saturated rings. The number of nitrogens with zero attached hydrogens (tertiary/aromatic N) is 1. The van der Waals surface area contributed by atoms with E-state index < -0.39 is 0 Å². The van der Waals surface area contributed by atoms with Crippen molar-refractivity contribution in [1.82, 2.24) is 4.98 Å². The van der Waals surface area contributed by atoms with Gasteiger partial charge in [-0.25, -0.2) is 0 Å². The van der Waals surface area contributed by atoms with Crippen LogP contribution in [-0.2, 0) is 6.42 Å². The molecule has 3 heteroatoms. The van der Waals surface area contributed by atoms with E-state index in [1.165, 1.54) is 29.5 Å². The van der Waals surface area contributed by atoms with Crippen LogP contribution in [0.15, 0.2) is 73.1 Å². The van der Waals surface area contributed by atoms with E-state index in [0.29, 0.717) is 6.10 Å². The van der Waals surface area contributed by atoms with Crippen LogP contribution in [0, 0.1) is 0 Å². The molecule has 0 saturated heterocycles. The summed E-state index contributed by atoms with van der Waals surface area (Å²) in [4.78, 5) is 4.20. The molecule has 3 nitrogen and oxygen atoms in total. The van der Waals surface area contributed by atoms with Crippen molar-refractivity contribution < 1.29 is 9.47 Å². The fourth-order valence-corrected chi connectivity index (χ4v) is 4.06. The summed E-state index contributed by atoms with van der Waals surface area (Å²) in [7, 11) is 1.71. The predicted octanol–water partition coefficient (Wildman–Crippen LogP) is 5.79. The minimum absolute atomic E-state index is 0.238. The van der Waals surface area contributed by atoms with Crippen LogP contribution < -0.4 is 9.47 Å². The Morgan fingerprint density at radius 1 is 0.893 bits per heavy atom. The van der Waals surface area contributed by atoms with E-state index in [1.807, 2.05) is 18.5 Å². The lowest BCUT2D eigenvalue weighted by Gasteiger charge is -2.21. The van der Waals surface area contributed by atoms with Gasteiger partial charge in [-0.2, -0.15) is 0 Å². The van der Waals surface area contributed by atoms with Crippen LogP contribution in [0.1, 0.15) is 48.3 Å². The summed E-state index contributed by atoms with van der Waals surface area (Å²) in [5.74, 6) is 1.91. The Hall–Kier alpha value is -2.81. The van der Waals surface area contributed by atoms with Crippen molar-refractivity contribution in [2.45, 2.75) is 44.1 Å². The lowest BCUT2D eigenvalue weighted by molar-refractivity contribution is 0.200. The van der Waals surface area contributed by atoms with Crippen molar-refractivity contribution >= 4 is 0 Å². The number of pyridine rings is 1.